The first-order chi connectivity index (χ1) is 10.7. The van der Waals surface area contributed by atoms with Gasteiger partial charge in [0.15, 0.2) is 0 Å². The molecule has 0 atom stereocenters. The molecule has 0 unspecified atom stereocenters. The summed E-state index contributed by atoms with van der Waals surface area (Å²) in [5.41, 5.74) is 0. The van der Waals surface area contributed by atoms with Crippen molar-refractivity contribution in [3.63, 3.8) is 0 Å². The van der Waals surface area contributed by atoms with Gasteiger partial charge in [0.05, 0.1) is 4.47 Å². The molecule has 0 aliphatic carbocycles. The first-order valence-electron chi connectivity index (χ1n) is 6.67. The predicted molar refractivity (Wildman–Crippen MR) is 98.9 cm³/mol. The van der Waals surface area contributed by atoms with E-state index in [1.54, 1.807) is 11.8 Å². The van der Waals surface area contributed by atoms with Crippen molar-refractivity contribution >= 4 is 43.6 Å². The molecule has 0 amide bonds. The molecule has 0 saturated carbocycles. The average molecular weight is 436 g/mol. The van der Waals surface area contributed by atoms with Crippen LogP contribution >= 0.6 is 43.6 Å². The summed E-state index contributed by atoms with van der Waals surface area (Å²) in [5, 5.41) is 0. The van der Waals surface area contributed by atoms with E-state index in [0.29, 0.717) is 0 Å². The van der Waals surface area contributed by atoms with Gasteiger partial charge in [-0.1, -0.05) is 48.2 Å². The van der Waals surface area contributed by atoms with Crippen molar-refractivity contribution in [1.29, 1.82) is 0 Å². The Morgan fingerprint density at radius 1 is 0.727 bits per heavy atom. The molecule has 1 nitrogen and oxygen atoms in total. The van der Waals surface area contributed by atoms with E-state index in [1.165, 1.54) is 4.90 Å². The summed E-state index contributed by atoms with van der Waals surface area (Å²) in [6, 6.07) is 24.1. The second kappa shape index (κ2) is 7.36. The summed E-state index contributed by atoms with van der Waals surface area (Å²) in [4.78, 5) is 2.34. The Balaban J connectivity index is 1.85. The second-order valence-corrected chi connectivity index (χ2v) is 7.37. The van der Waals surface area contributed by atoms with E-state index < -0.39 is 0 Å². The molecular formula is C18H12Br2OS. The lowest BCUT2D eigenvalue weighted by atomic mass is 10.3. The number of hydrogen-bond acceptors (Lipinski definition) is 2. The summed E-state index contributed by atoms with van der Waals surface area (Å²) >= 11 is 8.93. The van der Waals surface area contributed by atoms with Crippen LogP contribution in [0.3, 0.4) is 0 Å². The molecular weight excluding hydrogens is 424 g/mol. The first kappa shape index (κ1) is 15.7. The third-order valence-electron chi connectivity index (χ3n) is 2.93. The minimum Gasteiger partial charge on any atom is -0.456 e. The van der Waals surface area contributed by atoms with Crippen molar-refractivity contribution < 1.29 is 4.74 Å². The van der Waals surface area contributed by atoms with Crippen LogP contribution in [0.4, 0.5) is 0 Å². The van der Waals surface area contributed by atoms with E-state index in [0.717, 1.165) is 25.3 Å². The minimum absolute atomic E-state index is 0.787. The molecule has 0 bridgehead atoms. The Hall–Kier alpha value is -1.23. The van der Waals surface area contributed by atoms with Gasteiger partial charge in [-0.05, 0) is 68.3 Å². The Labute approximate surface area is 151 Å². The number of ether oxygens (including phenoxy) is 1. The zero-order valence-corrected chi connectivity index (χ0v) is 15.5. The maximum absolute atomic E-state index is 5.91. The van der Waals surface area contributed by atoms with E-state index in [1.807, 2.05) is 54.6 Å². The number of hydrogen-bond donors (Lipinski definition) is 0. The van der Waals surface area contributed by atoms with Crippen LogP contribution in [0.2, 0.25) is 0 Å². The fourth-order valence-corrected chi connectivity index (χ4v) is 3.92. The topological polar surface area (TPSA) is 9.23 Å². The van der Waals surface area contributed by atoms with Crippen LogP contribution in [0, 0.1) is 0 Å². The Morgan fingerprint density at radius 2 is 1.36 bits per heavy atom. The van der Waals surface area contributed by atoms with Gasteiger partial charge in [-0.2, -0.15) is 0 Å². The highest BCUT2D eigenvalue weighted by molar-refractivity contribution is 9.11. The van der Waals surface area contributed by atoms with Gasteiger partial charge >= 0.3 is 0 Å². The van der Waals surface area contributed by atoms with Crippen molar-refractivity contribution in [2.24, 2.45) is 0 Å². The summed E-state index contributed by atoms with van der Waals surface area (Å²) in [6.07, 6.45) is 0. The number of benzene rings is 3. The third kappa shape index (κ3) is 3.94. The molecule has 3 aromatic carbocycles. The molecule has 0 heterocycles. The van der Waals surface area contributed by atoms with Crippen molar-refractivity contribution in [3.8, 4) is 11.5 Å². The van der Waals surface area contributed by atoms with E-state index in [9.17, 15) is 0 Å². The standard InChI is InChI=1S/C18H12Br2OS/c19-15-12-18(22-14-9-5-2-6-10-14)16(20)11-17(15)21-13-7-3-1-4-8-13/h1-12H. The normalized spacial score (nSPS) is 10.5. The Kier molecular flexibility index (Phi) is 5.24. The van der Waals surface area contributed by atoms with Crippen molar-refractivity contribution in [2.75, 3.05) is 0 Å². The van der Waals surface area contributed by atoms with Gasteiger partial charge in [0.1, 0.15) is 11.5 Å². The Bertz CT molecular complexity index is 694. The molecule has 3 rings (SSSR count). The molecule has 0 spiro atoms. The van der Waals surface area contributed by atoms with Gasteiger partial charge in [-0.3, -0.25) is 0 Å². The van der Waals surface area contributed by atoms with Crippen molar-refractivity contribution in [1.82, 2.24) is 0 Å². The highest BCUT2D eigenvalue weighted by atomic mass is 79.9. The summed E-state index contributed by atoms with van der Waals surface area (Å²) in [5.74, 6) is 1.61. The predicted octanol–water partition coefficient (Wildman–Crippen LogP) is 7.16. The summed E-state index contributed by atoms with van der Waals surface area (Å²) < 4.78 is 7.85. The number of para-hydroxylation sites is 1. The lowest BCUT2D eigenvalue weighted by Gasteiger charge is -2.11. The van der Waals surface area contributed by atoms with Gasteiger partial charge in [-0.15, -0.1) is 0 Å². The largest absolute Gasteiger partial charge is 0.456 e. The van der Waals surface area contributed by atoms with Crippen LogP contribution in [-0.4, -0.2) is 0 Å². The van der Waals surface area contributed by atoms with Gasteiger partial charge in [0.2, 0.25) is 0 Å². The molecule has 4 heteroatoms. The number of halogens is 2. The molecule has 0 radical (unpaired) electrons. The van der Waals surface area contributed by atoms with Crippen LogP contribution in [0.25, 0.3) is 0 Å². The molecule has 0 aliphatic heterocycles. The monoisotopic (exact) mass is 434 g/mol. The molecule has 0 N–H and O–H groups in total. The fraction of sp³-hybridized carbons (Fsp3) is 0. The first-order valence-corrected chi connectivity index (χ1v) is 9.07. The van der Waals surface area contributed by atoms with E-state index in [2.05, 4.69) is 50.1 Å². The van der Waals surface area contributed by atoms with E-state index in [4.69, 9.17) is 4.74 Å². The SMILES string of the molecule is Brc1cc(Sc2ccccc2)c(Br)cc1Oc1ccccc1. The van der Waals surface area contributed by atoms with Crippen LogP contribution in [-0.2, 0) is 0 Å². The maximum atomic E-state index is 5.91. The van der Waals surface area contributed by atoms with Gasteiger partial charge in [-0.25, -0.2) is 0 Å². The van der Waals surface area contributed by atoms with Crippen LogP contribution < -0.4 is 4.74 Å². The van der Waals surface area contributed by atoms with Crippen molar-refractivity contribution in [2.45, 2.75) is 9.79 Å². The minimum atomic E-state index is 0.787. The molecule has 0 saturated heterocycles. The molecule has 110 valence electrons. The van der Waals surface area contributed by atoms with Gasteiger partial charge < -0.3 is 4.74 Å². The van der Waals surface area contributed by atoms with Crippen LogP contribution in [0.1, 0.15) is 0 Å². The number of rotatable bonds is 4. The van der Waals surface area contributed by atoms with Gasteiger partial charge in [0.25, 0.3) is 0 Å². The zero-order valence-electron chi connectivity index (χ0n) is 11.5. The van der Waals surface area contributed by atoms with Crippen LogP contribution in [0.5, 0.6) is 11.5 Å². The smallest absolute Gasteiger partial charge is 0.142 e. The zero-order chi connectivity index (χ0) is 15.4. The third-order valence-corrected chi connectivity index (χ3v) is 5.53. The lowest BCUT2D eigenvalue weighted by molar-refractivity contribution is 0.479. The van der Waals surface area contributed by atoms with Crippen LogP contribution in [0.15, 0.2) is 91.5 Å². The highest BCUT2D eigenvalue weighted by Crippen LogP contribution is 2.40. The molecule has 0 aliphatic rings. The highest BCUT2D eigenvalue weighted by Gasteiger charge is 2.10. The molecule has 3 aromatic rings. The average Bonchev–Trinajstić information content (AvgIpc) is 2.54. The summed E-state index contributed by atoms with van der Waals surface area (Å²) in [7, 11) is 0. The second-order valence-electron chi connectivity index (χ2n) is 4.54. The van der Waals surface area contributed by atoms with E-state index >= 15 is 0 Å². The van der Waals surface area contributed by atoms with Gasteiger partial charge in [0, 0.05) is 14.3 Å². The van der Waals surface area contributed by atoms with Crippen molar-refractivity contribution in [3.05, 3.63) is 81.7 Å². The maximum Gasteiger partial charge on any atom is 0.142 e. The fourth-order valence-electron chi connectivity index (χ4n) is 1.90. The molecule has 22 heavy (non-hydrogen) atoms. The van der Waals surface area contributed by atoms with E-state index in [-0.39, 0.29) is 0 Å². The summed E-state index contributed by atoms with van der Waals surface area (Å²) in [6.45, 7) is 0. The Morgan fingerprint density at radius 3 is 2.05 bits per heavy atom. The molecule has 0 aromatic heterocycles. The quantitative estimate of drug-likeness (QED) is 0.430. The lowest BCUT2D eigenvalue weighted by Crippen LogP contribution is -1.87. The molecule has 0 fully saturated rings.